The maximum absolute atomic E-state index is 13.4. The van der Waals surface area contributed by atoms with Crippen LogP contribution in [0.15, 0.2) is 27.6 Å². The first-order valence-electron chi connectivity index (χ1n) is 5.54. The second-order valence-corrected chi connectivity index (χ2v) is 7.03. The van der Waals surface area contributed by atoms with Crippen molar-refractivity contribution < 1.29 is 17.9 Å². The van der Waals surface area contributed by atoms with Crippen molar-refractivity contribution in [3.05, 3.63) is 28.5 Å². The van der Waals surface area contributed by atoms with Gasteiger partial charge in [0.15, 0.2) is 0 Å². The molecule has 0 spiro atoms. The molecule has 1 fully saturated rings. The third-order valence-electron chi connectivity index (χ3n) is 2.89. The van der Waals surface area contributed by atoms with Gasteiger partial charge in [-0.25, -0.2) is 12.8 Å². The molecule has 1 aromatic carbocycles. The molecular formula is C11H13BrFNO3S. The maximum Gasteiger partial charge on any atom is 0.243 e. The molecule has 1 aliphatic heterocycles. The van der Waals surface area contributed by atoms with Crippen LogP contribution in [0.1, 0.15) is 12.8 Å². The van der Waals surface area contributed by atoms with Crippen LogP contribution in [0.2, 0.25) is 0 Å². The van der Waals surface area contributed by atoms with Crippen molar-refractivity contribution in [3.63, 3.8) is 0 Å². The summed E-state index contributed by atoms with van der Waals surface area (Å²) >= 11 is 2.98. The van der Waals surface area contributed by atoms with Gasteiger partial charge < -0.3 is 5.11 Å². The van der Waals surface area contributed by atoms with E-state index in [1.165, 1.54) is 16.4 Å². The normalized spacial score (nSPS) is 22.1. The highest BCUT2D eigenvalue weighted by Crippen LogP contribution is 2.24. The first-order valence-corrected chi connectivity index (χ1v) is 7.78. The van der Waals surface area contributed by atoms with Gasteiger partial charge in [0.2, 0.25) is 10.0 Å². The van der Waals surface area contributed by atoms with E-state index in [-0.39, 0.29) is 15.9 Å². The van der Waals surface area contributed by atoms with E-state index in [0.29, 0.717) is 19.4 Å². The highest BCUT2D eigenvalue weighted by atomic mass is 79.9. The van der Waals surface area contributed by atoms with Crippen molar-refractivity contribution in [2.24, 2.45) is 0 Å². The van der Waals surface area contributed by atoms with E-state index >= 15 is 0 Å². The quantitative estimate of drug-likeness (QED) is 0.894. The number of halogens is 2. The maximum atomic E-state index is 13.4. The van der Waals surface area contributed by atoms with Crippen LogP contribution in [0.5, 0.6) is 0 Å². The summed E-state index contributed by atoms with van der Waals surface area (Å²) in [6.45, 7) is 0.428. The van der Waals surface area contributed by atoms with Gasteiger partial charge in [-0.2, -0.15) is 4.31 Å². The highest BCUT2D eigenvalue weighted by Gasteiger charge is 2.29. The number of aliphatic hydroxyl groups excluding tert-OH is 1. The minimum atomic E-state index is -3.72. The Hall–Kier alpha value is -0.500. The molecule has 1 N–H and O–H groups in total. The van der Waals surface area contributed by atoms with Crippen LogP contribution in [-0.2, 0) is 10.0 Å². The van der Waals surface area contributed by atoms with Gasteiger partial charge in [-0.15, -0.1) is 0 Å². The Morgan fingerprint density at radius 2 is 2.17 bits per heavy atom. The molecule has 2 rings (SSSR count). The summed E-state index contributed by atoms with van der Waals surface area (Å²) in [5, 5.41) is 9.50. The SMILES string of the molecule is O=S(=O)(c1ccc(Br)c(F)c1)N1CCC[C@H](O)C1. The molecule has 0 radical (unpaired) electrons. The molecule has 1 atom stereocenters. The Labute approximate surface area is 114 Å². The molecule has 0 amide bonds. The van der Waals surface area contributed by atoms with Gasteiger partial charge in [-0.05, 0) is 47.0 Å². The van der Waals surface area contributed by atoms with Crippen LogP contribution < -0.4 is 0 Å². The zero-order valence-electron chi connectivity index (χ0n) is 9.51. The minimum absolute atomic E-state index is 0.0695. The molecule has 4 nitrogen and oxygen atoms in total. The van der Waals surface area contributed by atoms with E-state index in [2.05, 4.69) is 15.9 Å². The summed E-state index contributed by atoms with van der Waals surface area (Å²) in [6.07, 6.45) is 0.564. The second-order valence-electron chi connectivity index (χ2n) is 4.24. The van der Waals surface area contributed by atoms with Gasteiger partial charge in [0.05, 0.1) is 15.5 Å². The predicted octanol–water partition coefficient (Wildman–Crippen LogP) is 1.73. The van der Waals surface area contributed by atoms with E-state index < -0.39 is 21.9 Å². The average Bonchev–Trinajstić information content (AvgIpc) is 2.32. The van der Waals surface area contributed by atoms with Gasteiger partial charge in [-0.1, -0.05) is 0 Å². The summed E-state index contributed by atoms with van der Waals surface area (Å²) in [6, 6.07) is 3.70. The first-order chi connectivity index (χ1) is 8.41. The fourth-order valence-corrected chi connectivity index (χ4v) is 3.70. The van der Waals surface area contributed by atoms with E-state index in [4.69, 9.17) is 0 Å². The summed E-state index contributed by atoms with van der Waals surface area (Å²) in [5.74, 6) is -0.617. The Kier molecular flexibility index (Phi) is 4.05. The molecule has 1 saturated heterocycles. The Morgan fingerprint density at radius 3 is 2.78 bits per heavy atom. The van der Waals surface area contributed by atoms with E-state index in [1.54, 1.807) is 0 Å². The number of sulfonamides is 1. The Balaban J connectivity index is 2.32. The molecule has 100 valence electrons. The van der Waals surface area contributed by atoms with Gasteiger partial charge in [-0.3, -0.25) is 0 Å². The van der Waals surface area contributed by atoms with Crippen LogP contribution in [-0.4, -0.2) is 37.0 Å². The number of nitrogens with zero attached hydrogens (tertiary/aromatic N) is 1. The van der Waals surface area contributed by atoms with Crippen LogP contribution in [0.25, 0.3) is 0 Å². The number of rotatable bonds is 2. The van der Waals surface area contributed by atoms with Gasteiger partial charge in [0.25, 0.3) is 0 Å². The molecular weight excluding hydrogens is 325 g/mol. The molecule has 1 aromatic rings. The summed E-state index contributed by atoms with van der Waals surface area (Å²) in [4.78, 5) is -0.0858. The number of piperidine rings is 1. The Bertz CT molecular complexity index is 549. The summed E-state index contributed by atoms with van der Waals surface area (Å²) < 4.78 is 39.3. The minimum Gasteiger partial charge on any atom is -0.392 e. The Morgan fingerprint density at radius 1 is 1.44 bits per heavy atom. The van der Waals surface area contributed by atoms with Crippen molar-refractivity contribution in [1.82, 2.24) is 4.31 Å². The molecule has 1 aliphatic rings. The van der Waals surface area contributed by atoms with Crippen LogP contribution in [0.4, 0.5) is 4.39 Å². The highest BCUT2D eigenvalue weighted by molar-refractivity contribution is 9.10. The van der Waals surface area contributed by atoms with Crippen LogP contribution in [0.3, 0.4) is 0 Å². The second kappa shape index (κ2) is 5.24. The van der Waals surface area contributed by atoms with Crippen molar-refractivity contribution in [3.8, 4) is 0 Å². The number of β-amino-alcohol motifs (C(OH)–C–C–N with tert-alkyl or cyclic N) is 1. The lowest BCUT2D eigenvalue weighted by molar-refractivity contribution is 0.108. The molecule has 0 aromatic heterocycles. The zero-order valence-corrected chi connectivity index (χ0v) is 11.9. The monoisotopic (exact) mass is 337 g/mol. The fraction of sp³-hybridized carbons (Fsp3) is 0.455. The van der Waals surface area contributed by atoms with E-state index in [1.807, 2.05) is 0 Å². The molecule has 0 saturated carbocycles. The molecule has 0 bridgehead atoms. The van der Waals surface area contributed by atoms with E-state index in [9.17, 15) is 17.9 Å². The summed E-state index contributed by atoms with van der Waals surface area (Å²) in [7, 11) is -3.72. The molecule has 18 heavy (non-hydrogen) atoms. The fourth-order valence-electron chi connectivity index (χ4n) is 1.93. The van der Waals surface area contributed by atoms with Gasteiger partial charge in [0.1, 0.15) is 5.82 Å². The van der Waals surface area contributed by atoms with Crippen LogP contribution >= 0.6 is 15.9 Å². The predicted molar refractivity (Wildman–Crippen MR) is 68.1 cm³/mol. The number of benzene rings is 1. The zero-order chi connectivity index (χ0) is 13.3. The summed E-state index contributed by atoms with van der Waals surface area (Å²) in [5.41, 5.74) is 0. The van der Waals surface area contributed by atoms with Gasteiger partial charge >= 0.3 is 0 Å². The van der Waals surface area contributed by atoms with Crippen molar-refractivity contribution in [1.29, 1.82) is 0 Å². The third-order valence-corrected chi connectivity index (χ3v) is 5.39. The standard InChI is InChI=1S/C11H13BrFNO3S/c12-10-4-3-9(6-11(10)13)18(16,17)14-5-1-2-8(15)7-14/h3-4,6,8,15H,1-2,5,7H2/t8-/m0/s1. The molecule has 1 heterocycles. The average molecular weight is 338 g/mol. The van der Waals surface area contributed by atoms with Crippen molar-refractivity contribution >= 4 is 26.0 Å². The molecule has 7 heteroatoms. The van der Waals surface area contributed by atoms with Gasteiger partial charge in [0, 0.05) is 13.1 Å². The number of aliphatic hydroxyl groups is 1. The third kappa shape index (κ3) is 2.74. The van der Waals surface area contributed by atoms with Crippen LogP contribution in [0, 0.1) is 5.82 Å². The lowest BCUT2D eigenvalue weighted by atomic mass is 10.1. The lowest BCUT2D eigenvalue weighted by Gasteiger charge is -2.29. The number of hydrogen-bond donors (Lipinski definition) is 1. The lowest BCUT2D eigenvalue weighted by Crippen LogP contribution is -2.42. The largest absolute Gasteiger partial charge is 0.392 e. The first kappa shape index (κ1) is 13.9. The van der Waals surface area contributed by atoms with Crippen molar-refractivity contribution in [2.45, 2.75) is 23.8 Å². The van der Waals surface area contributed by atoms with Crippen molar-refractivity contribution in [2.75, 3.05) is 13.1 Å². The van der Waals surface area contributed by atoms with E-state index in [0.717, 1.165) is 6.07 Å². The topological polar surface area (TPSA) is 57.6 Å². The molecule has 0 aliphatic carbocycles. The molecule has 0 unspecified atom stereocenters. The smallest absolute Gasteiger partial charge is 0.243 e. The number of hydrogen-bond acceptors (Lipinski definition) is 3.